The Balaban J connectivity index is 2.31. The van der Waals surface area contributed by atoms with Crippen molar-refractivity contribution in [3.05, 3.63) is 30.3 Å². The van der Waals surface area contributed by atoms with Crippen molar-refractivity contribution in [3.8, 4) is 0 Å². The zero-order valence-corrected chi connectivity index (χ0v) is 16.8. The molecule has 0 aromatic heterocycles. The van der Waals surface area contributed by atoms with Gasteiger partial charge in [0.2, 0.25) is 0 Å². The highest BCUT2D eigenvalue weighted by molar-refractivity contribution is 8.00. The van der Waals surface area contributed by atoms with Crippen molar-refractivity contribution in [1.82, 2.24) is 0 Å². The summed E-state index contributed by atoms with van der Waals surface area (Å²) >= 11 is 1.79. The van der Waals surface area contributed by atoms with E-state index in [0.717, 1.165) is 25.0 Å². The molecule has 25 heavy (non-hydrogen) atoms. The minimum Gasteiger partial charge on any atom is -0.317 e. The third kappa shape index (κ3) is 9.27. The van der Waals surface area contributed by atoms with Crippen molar-refractivity contribution < 1.29 is 28.7 Å². The highest BCUT2D eigenvalue weighted by Crippen LogP contribution is 2.62. The third-order valence-corrected chi connectivity index (χ3v) is 7.74. The van der Waals surface area contributed by atoms with Gasteiger partial charge in [0.25, 0.3) is 0 Å². The summed E-state index contributed by atoms with van der Waals surface area (Å²) in [5.74, 6) is 1.01. The van der Waals surface area contributed by atoms with Crippen LogP contribution in [0.3, 0.4) is 0 Å². The molecule has 0 bridgehead atoms. The molecule has 7 nitrogen and oxygen atoms in total. The number of unbranched alkanes of at least 4 members (excludes halogenated alkanes) is 3. The molecule has 0 heterocycles. The van der Waals surface area contributed by atoms with Gasteiger partial charge < -0.3 is 9.42 Å². The van der Waals surface area contributed by atoms with Crippen LogP contribution in [0.2, 0.25) is 0 Å². The molecule has 1 unspecified atom stereocenters. The Hall–Kier alpha value is -0.300. The second-order valence-electron chi connectivity index (χ2n) is 5.26. The summed E-state index contributed by atoms with van der Waals surface area (Å²) in [6, 6.07) is 10.1. The number of rotatable bonds is 12. The first kappa shape index (κ1) is 22.7. The highest BCUT2D eigenvalue weighted by Gasteiger charge is 2.53. The van der Waals surface area contributed by atoms with Crippen LogP contribution >= 0.6 is 27.3 Å². The summed E-state index contributed by atoms with van der Waals surface area (Å²) in [4.78, 5) is 42.5. The molecule has 0 aliphatic carbocycles. The van der Waals surface area contributed by atoms with Gasteiger partial charge >= 0.3 is 20.7 Å². The van der Waals surface area contributed by atoms with E-state index in [2.05, 4.69) is 21.6 Å². The minimum atomic E-state index is -4.67. The monoisotopic (exact) mass is 410 g/mol. The van der Waals surface area contributed by atoms with E-state index in [1.807, 2.05) is 18.2 Å². The first-order valence-electron chi connectivity index (χ1n) is 8.05. The standard InChI is InChI=1S/C15H25NO6P2S/c1-2-22-24(20,21)15(23(17,18)19)16-12-8-3-4-9-13-25-14-10-6-5-7-11-14/h5-7,10-11,17-19H,2-4,8-9,12-13H2,1H3/p+1. The summed E-state index contributed by atoms with van der Waals surface area (Å²) in [7, 11) is -9.15. The lowest BCUT2D eigenvalue weighted by atomic mass is 10.2. The van der Waals surface area contributed by atoms with E-state index in [-0.39, 0.29) is 13.2 Å². The molecule has 1 atom stereocenters. The Kier molecular flexibility index (Phi) is 10.4. The zero-order chi connectivity index (χ0) is 18.8. The van der Waals surface area contributed by atoms with Crippen LogP contribution in [0.5, 0.6) is 0 Å². The molecule has 1 aromatic rings. The van der Waals surface area contributed by atoms with Gasteiger partial charge in [-0.2, -0.15) is 14.7 Å². The lowest BCUT2D eigenvalue weighted by Gasteiger charge is -2.12. The van der Waals surface area contributed by atoms with Crippen molar-refractivity contribution >= 4 is 32.5 Å². The highest BCUT2D eigenvalue weighted by atomic mass is 32.2. The average molecular weight is 410 g/mol. The van der Waals surface area contributed by atoms with Crippen LogP contribution in [0.4, 0.5) is 0 Å². The number of hydrogen-bond donors (Lipinski definition) is 4. The Morgan fingerprint density at radius 3 is 2.40 bits per heavy atom. The van der Waals surface area contributed by atoms with E-state index in [4.69, 9.17) is 0 Å². The molecule has 4 N–H and O–H groups in total. The molecule has 0 spiro atoms. The van der Waals surface area contributed by atoms with Gasteiger partial charge in [0, 0.05) is 11.4 Å². The Morgan fingerprint density at radius 1 is 1.16 bits per heavy atom. The Bertz CT molecular complexity index is 579. The van der Waals surface area contributed by atoms with Crippen LogP contribution in [-0.4, -0.2) is 43.7 Å². The molecule has 0 aliphatic rings. The molecule has 0 saturated carbocycles. The molecule has 0 fully saturated rings. The smallest absolute Gasteiger partial charge is 0.317 e. The molecule has 142 valence electrons. The predicted molar refractivity (Wildman–Crippen MR) is 103 cm³/mol. The van der Waals surface area contributed by atoms with Crippen LogP contribution in [0, 0.1) is 0 Å². The summed E-state index contributed by atoms with van der Waals surface area (Å²) < 4.78 is 16.4. The lowest BCUT2D eigenvalue weighted by Crippen LogP contribution is -2.09. The molecule has 10 heteroatoms. The van der Waals surface area contributed by atoms with Crippen molar-refractivity contribution in [2.24, 2.45) is 4.99 Å². The molecule has 0 amide bonds. The number of benzene rings is 1. The van der Waals surface area contributed by atoms with Crippen molar-refractivity contribution in [3.63, 3.8) is 0 Å². The number of thioether (sulfide) groups is 1. The first-order valence-corrected chi connectivity index (χ1v) is 12.3. The van der Waals surface area contributed by atoms with E-state index < -0.39 is 20.7 Å². The van der Waals surface area contributed by atoms with Gasteiger partial charge in [0.15, 0.2) is 0 Å². The Labute approximate surface area is 153 Å². The van der Waals surface area contributed by atoms with E-state index in [0.29, 0.717) is 6.42 Å². The SMILES string of the molecule is CCOP(=O)(O)C(=NCCCCCCSc1ccccc1)[P+](O)(O)O. The maximum Gasteiger partial charge on any atom is 0.469 e. The van der Waals surface area contributed by atoms with Crippen LogP contribution in [0.25, 0.3) is 0 Å². The molecular weight excluding hydrogens is 384 g/mol. The molecule has 1 aromatic carbocycles. The molecule has 0 radical (unpaired) electrons. The summed E-state index contributed by atoms with van der Waals surface area (Å²) in [5.41, 5.74) is 0. The third-order valence-electron chi connectivity index (χ3n) is 3.14. The fourth-order valence-corrected chi connectivity index (χ4v) is 5.54. The van der Waals surface area contributed by atoms with Gasteiger partial charge in [-0.25, -0.2) is 9.56 Å². The van der Waals surface area contributed by atoms with Gasteiger partial charge in [0.1, 0.15) is 0 Å². The minimum absolute atomic E-state index is 0.105. The molecule has 0 aliphatic heterocycles. The number of nitrogens with zero attached hydrogens (tertiary/aromatic N) is 1. The van der Waals surface area contributed by atoms with E-state index in [1.54, 1.807) is 11.8 Å². The van der Waals surface area contributed by atoms with Crippen LogP contribution in [0.1, 0.15) is 32.6 Å². The largest absolute Gasteiger partial charge is 0.469 e. The predicted octanol–water partition coefficient (Wildman–Crippen LogP) is 3.66. The van der Waals surface area contributed by atoms with E-state index in [9.17, 15) is 24.1 Å². The maximum absolute atomic E-state index is 11.8. The van der Waals surface area contributed by atoms with Gasteiger partial charge in [-0.1, -0.05) is 31.0 Å². The molecule has 0 saturated heterocycles. The zero-order valence-electron chi connectivity index (χ0n) is 14.2. The number of aliphatic imine (C=N–C) groups is 1. The van der Waals surface area contributed by atoms with Crippen molar-refractivity contribution in [2.45, 2.75) is 37.5 Å². The normalized spacial score (nSPS) is 15.2. The van der Waals surface area contributed by atoms with Crippen molar-refractivity contribution in [1.29, 1.82) is 0 Å². The summed E-state index contributed by atoms with van der Waals surface area (Å²) in [6.07, 6.45) is 3.48. The number of hydrogen-bond acceptors (Lipinski definition) is 7. The van der Waals surface area contributed by atoms with Crippen LogP contribution < -0.4 is 0 Å². The fraction of sp³-hybridized carbons (Fsp3) is 0.533. The van der Waals surface area contributed by atoms with Crippen LogP contribution in [-0.2, 0) is 9.09 Å². The maximum atomic E-state index is 11.8. The Morgan fingerprint density at radius 2 is 1.80 bits per heavy atom. The average Bonchev–Trinajstić information content (AvgIpc) is 2.52. The van der Waals surface area contributed by atoms with Gasteiger partial charge in [-0.3, -0.25) is 0 Å². The molecular formula is C15H26NO6P2S+. The summed E-state index contributed by atoms with van der Waals surface area (Å²) in [6.45, 7) is 1.51. The van der Waals surface area contributed by atoms with Crippen LogP contribution in [0.15, 0.2) is 40.2 Å². The lowest BCUT2D eigenvalue weighted by molar-refractivity contribution is 0.285. The van der Waals surface area contributed by atoms with Crippen molar-refractivity contribution in [2.75, 3.05) is 18.9 Å². The van der Waals surface area contributed by atoms with E-state index >= 15 is 0 Å². The second-order valence-corrected chi connectivity index (χ2v) is 10.1. The van der Waals surface area contributed by atoms with E-state index in [1.165, 1.54) is 11.8 Å². The van der Waals surface area contributed by atoms with Gasteiger partial charge in [-0.05, 0) is 37.7 Å². The topological polar surface area (TPSA) is 120 Å². The summed E-state index contributed by atoms with van der Waals surface area (Å²) in [5, 5.41) is -0.929. The van der Waals surface area contributed by atoms with Gasteiger partial charge in [0.05, 0.1) is 6.61 Å². The molecule has 1 rings (SSSR count). The first-order chi connectivity index (χ1) is 11.8. The quantitative estimate of drug-likeness (QED) is 0.180. The second kappa shape index (κ2) is 11.4. The fourth-order valence-electron chi connectivity index (χ4n) is 2.04. The van der Waals surface area contributed by atoms with Gasteiger partial charge in [-0.15, -0.1) is 11.8 Å².